The lowest BCUT2D eigenvalue weighted by Gasteiger charge is -2.36. The first-order chi connectivity index (χ1) is 20.0. The monoisotopic (exact) mass is 752 g/mol. The normalized spacial score (nSPS) is 27.7. The third-order valence-electron chi connectivity index (χ3n) is 8.76. The molecule has 3 aromatic rings. The van der Waals surface area contributed by atoms with E-state index in [0.717, 1.165) is 37.6 Å². The molecule has 1 spiro atoms. The summed E-state index contributed by atoms with van der Waals surface area (Å²) >= 11 is 21.4. The first kappa shape index (κ1) is 31.2. The number of para-hydroxylation sites is 1. The van der Waals surface area contributed by atoms with Gasteiger partial charge in [-0.3, -0.25) is 19.7 Å². The van der Waals surface area contributed by atoms with Crippen LogP contribution in [0.5, 0.6) is 0 Å². The highest BCUT2D eigenvalue weighted by Crippen LogP contribution is 2.65. The van der Waals surface area contributed by atoms with E-state index in [2.05, 4.69) is 31.9 Å². The van der Waals surface area contributed by atoms with Crippen LogP contribution in [0, 0.1) is 22.0 Å². The van der Waals surface area contributed by atoms with Gasteiger partial charge in [0.05, 0.1) is 11.3 Å². The van der Waals surface area contributed by atoms with Crippen LogP contribution in [0.2, 0.25) is 0 Å². The number of alkyl halides is 3. The average molecular weight is 756 g/mol. The van der Waals surface area contributed by atoms with Crippen LogP contribution in [-0.2, 0) is 15.0 Å². The molecule has 3 aliphatic rings. The molecule has 218 valence electrons. The fourth-order valence-electron chi connectivity index (χ4n) is 7.34. The molecular weight excluding hydrogens is 731 g/mol. The number of halogens is 5. The molecule has 2 aliphatic carbocycles. The topological polar surface area (TPSA) is 80.5 Å². The molecule has 1 saturated carbocycles. The van der Waals surface area contributed by atoms with E-state index in [9.17, 15) is 19.7 Å². The van der Waals surface area contributed by atoms with Crippen molar-refractivity contribution in [3.05, 3.63) is 120 Å². The summed E-state index contributed by atoms with van der Waals surface area (Å²) < 4.78 is 1.02. The van der Waals surface area contributed by atoms with Crippen molar-refractivity contribution in [2.24, 2.45) is 11.8 Å². The van der Waals surface area contributed by atoms with Gasteiger partial charge in [-0.2, -0.15) is 0 Å². The number of carbonyl (C=O) groups is 2. The fourth-order valence-corrected chi connectivity index (χ4v) is 7.87. The Balaban J connectivity index is 0.000000830. The van der Waals surface area contributed by atoms with Crippen LogP contribution in [0.4, 0.5) is 5.69 Å². The minimum absolute atomic E-state index is 0.0515. The van der Waals surface area contributed by atoms with Crippen LogP contribution in [0.3, 0.4) is 0 Å². The molecule has 6 rings (SSSR count). The molecule has 0 N–H and O–H groups in total. The van der Waals surface area contributed by atoms with Crippen molar-refractivity contribution in [3.8, 4) is 0 Å². The number of hydrogen-bond donors (Lipinski definition) is 0. The Morgan fingerprint density at radius 2 is 1.52 bits per heavy atom. The summed E-state index contributed by atoms with van der Waals surface area (Å²) in [4.78, 5) is 41.1. The predicted octanol–water partition coefficient (Wildman–Crippen LogP) is 8.40. The number of likely N-dealkylation sites (N-methyl/N-ethyl adjacent to an activating group) is 1. The summed E-state index contributed by atoms with van der Waals surface area (Å²) in [5, 5.41) is 12.8. The van der Waals surface area contributed by atoms with Crippen LogP contribution in [0.1, 0.15) is 34.9 Å². The van der Waals surface area contributed by atoms with Crippen molar-refractivity contribution >= 4 is 84.5 Å². The van der Waals surface area contributed by atoms with Crippen molar-refractivity contribution in [3.63, 3.8) is 0 Å². The number of aldehydes is 1. The number of rotatable bonds is 4. The summed E-state index contributed by atoms with van der Waals surface area (Å²) in [7, 11) is 1.78. The number of amides is 1. The number of hydrogen-bond acceptors (Lipinski definition) is 4. The second-order valence-electron chi connectivity index (χ2n) is 10.7. The lowest BCUT2D eigenvalue weighted by molar-refractivity contribution is -0.537. The van der Waals surface area contributed by atoms with Crippen molar-refractivity contribution in [2.45, 2.75) is 34.0 Å². The van der Waals surface area contributed by atoms with Crippen LogP contribution >= 0.6 is 66.7 Å². The molecule has 6 atom stereocenters. The molecule has 0 radical (unpaired) electrons. The fraction of sp³-hybridized carbons (Fsp3) is 0.290. The van der Waals surface area contributed by atoms with Crippen molar-refractivity contribution < 1.29 is 14.5 Å². The van der Waals surface area contributed by atoms with Crippen LogP contribution in [0.25, 0.3) is 0 Å². The van der Waals surface area contributed by atoms with E-state index < -0.39 is 27.6 Å². The van der Waals surface area contributed by atoms with E-state index >= 15 is 0 Å². The van der Waals surface area contributed by atoms with Crippen LogP contribution in [0.15, 0.2) is 93.4 Å². The summed E-state index contributed by atoms with van der Waals surface area (Å²) in [6, 6.07) is 21.9. The van der Waals surface area contributed by atoms with Gasteiger partial charge >= 0.3 is 0 Å². The van der Waals surface area contributed by atoms with Gasteiger partial charge in [0.2, 0.25) is 11.9 Å². The molecule has 42 heavy (non-hydrogen) atoms. The van der Waals surface area contributed by atoms with Gasteiger partial charge in [-0.05, 0) is 59.4 Å². The van der Waals surface area contributed by atoms with Gasteiger partial charge in [-0.25, -0.2) is 0 Å². The Hall–Kier alpha value is -2.23. The first-order valence-electron chi connectivity index (χ1n) is 13.1. The lowest BCUT2D eigenvalue weighted by atomic mass is 9.66. The van der Waals surface area contributed by atoms with Gasteiger partial charge in [0.25, 0.3) is 0 Å². The molecule has 0 aromatic heterocycles. The Morgan fingerprint density at radius 3 is 2.07 bits per heavy atom. The molecule has 0 saturated heterocycles. The van der Waals surface area contributed by atoms with E-state index in [1.807, 2.05) is 78.9 Å². The van der Waals surface area contributed by atoms with E-state index in [0.29, 0.717) is 12.0 Å². The minimum Gasteiger partial charge on any atom is -0.314 e. The maximum Gasteiger partial charge on any atom is 0.238 e. The van der Waals surface area contributed by atoms with Gasteiger partial charge in [-0.1, -0.05) is 115 Å². The summed E-state index contributed by atoms with van der Waals surface area (Å²) in [5.41, 5.74) is 2.83. The number of nitrogens with zero attached hydrogens (tertiary/aromatic N) is 2. The Morgan fingerprint density at radius 1 is 0.976 bits per heavy atom. The molecule has 0 bridgehead atoms. The maximum atomic E-state index is 14.2. The summed E-state index contributed by atoms with van der Waals surface area (Å²) in [5.74, 6) is -1.91. The molecule has 1 fully saturated rings. The smallest absolute Gasteiger partial charge is 0.238 e. The van der Waals surface area contributed by atoms with Gasteiger partial charge in [-0.15, -0.1) is 0 Å². The average Bonchev–Trinajstić information content (AvgIpc) is 3.40. The van der Waals surface area contributed by atoms with Gasteiger partial charge in [0.1, 0.15) is 6.29 Å². The molecule has 1 aliphatic heterocycles. The second-order valence-corrected chi connectivity index (χ2v) is 14.5. The number of allylic oxidation sites excluding steroid dienone is 1. The lowest BCUT2D eigenvalue weighted by Crippen LogP contribution is -2.42. The van der Waals surface area contributed by atoms with Crippen LogP contribution < -0.4 is 4.90 Å². The third-order valence-corrected chi connectivity index (χ3v) is 9.82. The third kappa shape index (κ3) is 5.34. The highest BCUT2D eigenvalue weighted by atomic mass is 79.9. The molecule has 11 heteroatoms. The molecule has 6 nitrogen and oxygen atoms in total. The van der Waals surface area contributed by atoms with E-state index in [1.54, 1.807) is 11.9 Å². The second kappa shape index (κ2) is 12.4. The van der Waals surface area contributed by atoms with E-state index in [1.165, 1.54) is 0 Å². The maximum absolute atomic E-state index is 14.2. The molecule has 0 unspecified atom stereocenters. The number of anilines is 1. The standard InChI is InChI=1S/C30H24Br2N2O4.CHCl3/c1-33-25-5-3-2-4-24(25)30(29(33)36)15-23-22(27(30)18-8-12-21(32)13-9-18)14-19(16-35)26(28(23)34(37)38)17-6-10-20(31)11-7-17;2-1(3)4/h2-14,16,22-23,26-28H,15H2,1H3;1H/t22-,23+,26+,27+,28+,30-;/m0./s1. The molecule has 1 amide bonds. The SMILES string of the molecule is CN1C(=O)[C@@]2(C[C@@H]3[C@H](C=C(C=O)[C@@H](c4ccc(Br)cc4)[C@@H]3[N+](=O)[O-])[C@H]2c2ccc(Br)cc2)c2ccccc21.ClC(Cl)Cl. The zero-order chi connectivity index (χ0) is 30.3. The summed E-state index contributed by atoms with van der Waals surface area (Å²) in [6.07, 6.45) is 3.03. The van der Waals surface area contributed by atoms with Crippen molar-refractivity contribution in [1.29, 1.82) is 0 Å². The van der Waals surface area contributed by atoms with Crippen molar-refractivity contribution in [1.82, 2.24) is 0 Å². The van der Waals surface area contributed by atoms with Crippen LogP contribution in [-0.4, -0.2) is 34.5 Å². The van der Waals surface area contributed by atoms with Gasteiger partial charge in [0, 0.05) is 44.0 Å². The predicted molar refractivity (Wildman–Crippen MR) is 173 cm³/mol. The Bertz CT molecular complexity index is 1550. The number of nitro groups is 1. The molecular formula is C31H25Br2Cl3N2O4. The van der Waals surface area contributed by atoms with Crippen molar-refractivity contribution in [2.75, 3.05) is 11.9 Å². The zero-order valence-corrected chi connectivity index (χ0v) is 27.6. The van der Waals surface area contributed by atoms with E-state index in [-0.39, 0.29) is 22.7 Å². The molecule has 1 heterocycles. The quantitative estimate of drug-likeness (QED) is 0.116. The van der Waals surface area contributed by atoms with Gasteiger partial charge < -0.3 is 4.90 Å². The minimum atomic E-state index is -1.05. The van der Waals surface area contributed by atoms with E-state index in [4.69, 9.17) is 34.8 Å². The number of fused-ring (bicyclic) bond motifs is 3. The Kier molecular flexibility index (Phi) is 9.22. The highest BCUT2D eigenvalue weighted by Gasteiger charge is 2.67. The number of carbonyl (C=O) groups excluding carboxylic acids is 2. The summed E-state index contributed by atoms with van der Waals surface area (Å²) in [6.45, 7) is 0. The number of benzene rings is 3. The zero-order valence-electron chi connectivity index (χ0n) is 22.2. The largest absolute Gasteiger partial charge is 0.314 e. The Labute approximate surface area is 275 Å². The first-order valence-corrected chi connectivity index (χ1v) is 16.0. The highest BCUT2D eigenvalue weighted by molar-refractivity contribution is 9.10. The molecule has 3 aromatic carbocycles. The van der Waals surface area contributed by atoms with Gasteiger partial charge in [0.15, 0.2) is 4.30 Å².